The van der Waals surface area contributed by atoms with Gasteiger partial charge >= 0.3 is 0 Å². The number of imide groups is 1. The number of nitro groups is 1. The maximum Gasteiger partial charge on any atom is 0.292 e. The van der Waals surface area contributed by atoms with Crippen molar-refractivity contribution < 1.29 is 14.5 Å². The van der Waals surface area contributed by atoms with Gasteiger partial charge in [-0.2, -0.15) is 0 Å². The van der Waals surface area contributed by atoms with Gasteiger partial charge in [0.1, 0.15) is 5.69 Å². The van der Waals surface area contributed by atoms with Crippen molar-refractivity contribution in [2.24, 2.45) is 0 Å². The molecule has 1 aromatic rings. The molecular weight excluding hydrogens is 282 g/mol. The average Bonchev–Trinajstić information content (AvgIpc) is 2.42. The number of amides is 2. The summed E-state index contributed by atoms with van der Waals surface area (Å²) in [5, 5.41) is 13.3. The zero-order chi connectivity index (χ0) is 14.7. The van der Waals surface area contributed by atoms with Crippen molar-refractivity contribution in [3.8, 4) is 0 Å². The molecule has 1 aromatic carbocycles. The fourth-order valence-corrected chi connectivity index (χ4v) is 2.69. The number of hydrogen-bond donors (Lipinski definition) is 1. The van der Waals surface area contributed by atoms with Gasteiger partial charge in [0.15, 0.2) is 0 Å². The second kappa shape index (κ2) is 5.91. The molecule has 1 saturated heterocycles. The summed E-state index contributed by atoms with van der Waals surface area (Å²) in [6.07, 6.45) is 0.336. The summed E-state index contributed by atoms with van der Waals surface area (Å²) in [5.74, 6) is 0.300. The van der Waals surface area contributed by atoms with Gasteiger partial charge in [-0.25, -0.2) is 0 Å². The second-order valence-corrected chi connectivity index (χ2v) is 5.25. The fraction of sp³-hybridized carbons (Fsp3) is 0.333. The fourth-order valence-electron chi connectivity index (χ4n) is 1.92. The molecule has 2 rings (SSSR count). The number of hydrogen-bond acceptors (Lipinski definition) is 6. The third-order valence-corrected chi connectivity index (χ3v) is 3.81. The predicted molar refractivity (Wildman–Crippen MR) is 75.7 cm³/mol. The minimum absolute atomic E-state index is 0.0399. The number of carbonyl (C=O) groups is 2. The van der Waals surface area contributed by atoms with Crippen LogP contribution in [0.4, 0.5) is 16.2 Å². The zero-order valence-corrected chi connectivity index (χ0v) is 11.6. The summed E-state index contributed by atoms with van der Waals surface area (Å²) in [4.78, 5) is 34.9. The van der Waals surface area contributed by atoms with Crippen molar-refractivity contribution in [1.29, 1.82) is 0 Å². The van der Waals surface area contributed by atoms with E-state index in [0.717, 1.165) is 11.8 Å². The predicted octanol–water partition coefficient (Wildman–Crippen LogP) is 2.22. The van der Waals surface area contributed by atoms with Crippen molar-refractivity contribution in [2.45, 2.75) is 13.0 Å². The lowest BCUT2D eigenvalue weighted by Crippen LogP contribution is -2.37. The van der Waals surface area contributed by atoms with E-state index in [1.165, 1.54) is 11.0 Å². The van der Waals surface area contributed by atoms with E-state index in [-0.39, 0.29) is 23.4 Å². The number of benzene rings is 1. The van der Waals surface area contributed by atoms with Crippen molar-refractivity contribution in [3.63, 3.8) is 0 Å². The molecule has 1 aliphatic rings. The van der Waals surface area contributed by atoms with Crippen LogP contribution in [0.2, 0.25) is 0 Å². The van der Waals surface area contributed by atoms with Crippen LogP contribution >= 0.6 is 11.8 Å². The summed E-state index contributed by atoms with van der Waals surface area (Å²) in [6.45, 7) is 0.136. The monoisotopic (exact) mass is 295 g/mol. The molecule has 20 heavy (non-hydrogen) atoms. The summed E-state index contributed by atoms with van der Waals surface area (Å²) >= 11 is 1.11. The van der Waals surface area contributed by atoms with E-state index in [1.54, 1.807) is 19.2 Å². The molecule has 0 radical (unpaired) electrons. The molecule has 0 unspecified atom stereocenters. The van der Waals surface area contributed by atoms with E-state index in [2.05, 4.69) is 5.32 Å². The number of rotatable bonds is 4. The minimum Gasteiger partial charge on any atom is -0.383 e. The van der Waals surface area contributed by atoms with Crippen LogP contribution in [-0.2, 0) is 11.3 Å². The van der Waals surface area contributed by atoms with E-state index in [9.17, 15) is 19.7 Å². The lowest BCUT2D eigenvalue weighted by molar-refractivity contribution is -0.384. The van der Waals surface area contributed by atoms with Crippen molar-refractivity contribution >= 4 is 34.3 Å². The molecule has 1 fully saturated rings. The highest BCUT2D eigenvalue weighted by atomic mass is 32.2. The zero-order valence-electron chi connectivity index (χ0n) is 10.8. The first-order valence-electron chi connectivity index (χ1n) is 5.95. The number of thioether (sulfide) groups is 1. The Kier molecular flexibility index (Phi) is 4.23. The Morgan fingerprint density at radius 2 is 2.20 bits per heavy atom. The largest absolute Gasteiger partial charge is 0.383 e. The Morgan fingerprint density at radius 1 is 1.45 bits per heavy atom. The third kappa shape index (κ3) is 2.90. The van der Waals surface area contributed by atoms with E-state index in [1.807, 2.05) is 0 Å². The highest BCUT2D eigenvalue weighted by molar-refractivity contribution is 8.13. The van der Waals surface area contributed by atoms with Crippen molar-refractivity contribution in [2.75, 3.05) is 18.1 Å². The Labute approximate surface area is 119 Å². The topological polar surface area (TPSA) is 92.6 Å². The highest BCUT2D eigenvalue weighted by Gasteiger charge is 2.27. The SMILES string of the molecule is CNc1cc(CN2C(=O)CCSC2=O)ccc1[N+](=O)[O-]. The molecule has 0 bridgehead atoms. The van der Waals surface area contributed by atoms with Gasteiger partial charge in [-0.05, 0) is 11.6 Å². The van der Waals surface area contributed by atoms with Gasteiger partial charge in [-0.1, -0.05) is 17.8 Å². The molecule has 1 heterocycles. The summed E-state index contributed by atoms with van der Waals surface area (Å²) in [6, 6.07) is 4.50. The smallest absolute Gasteiger partial charge is 0.292 e. The van der Waals surface area contributed by atoms with E-state index >= 15 is 0 Å². The van der Waals surface area contributed by atoms with E-state index in [4.69, 9.17) is 0 Å². The van der Waals surface area contributed by atoms with Crippen LogP contribution in [0.1, 0.15) is 12.0 Å². The number of nitrogens with one attached hydrogen (secondary N) is 1. The molecule has 8 heteroatoms. The first-order chi connectivity index (χ1) is 9.52. The maximum atomic E-state index is 11.7. The molecule has 0 aromatic heterocycles. The van der Waals surface area contributed by atoms with Crippen LogP contribution in [0.3, 0.4) is 0 Å². The van der Waals surface area contributed by atoms with Crippen LogP contribution in [-0.4, -0.2) is 33.8 Å². The first kappa shape index (κ1) is 14.3. The van der Waals surface area contributed by atoms with Crippen LogP contribution in [0, 0.1) is 10.1 Å². The van der Waals surface area contributed by atoms with Crippen LogP contribution in [0.5, 0.6) is 0 Å². The maximum absolute atomic E-state index is 11.7. The normalized spacial score (nSPS) is 15.3. The molecule has 1 N–H and O–H groups in total. The van der Waals surface area contributed by atoms with Crippen molar-refractivity contribution in [1.82, 2.24) is 4.90 Å². The quantitative estimate of drug-likeness (QED) is 0.676. The Morgan fingerprint density at radius 3 is 2.80 bits per heavy atom. The highest BCUT2D eigenvalue weighted by Crippen LogP contribution is 2.27. The average molecular weight is 295 g/mol. The van der Waals surface area contributed by atoms with Crippen LogP contribution in [0.15, 0.2) is 18.2 Å². The Balaban J connectivity index is 2.23. The lowest BCUT2D eigenvalue weighted by Gasteiger charge is -2.24. The molecule has 106 valence electrons. The summed E-state index contributed by atoms with van der Waals surface area (Å²) in [7, 11) is 1.58. The molecule has 0 saturated carbocycles. The Hall–Kier alpha value is -2.09. The van der Waals surface area contributed by atoms with Gasteiger partial charge < -0.3 is 5.32 Å². The number of carbonyl (C=O) groups excluding carboxylic acids is 2. The van der Waals surface area contributed by atoms with E-state index in [0.29, 0.717) is 23.4 Å². The van der Waals surface area contributed by atoms with Crippen LogP contribution < -0.4 is 5.32 Å². The van der Waals surface area contributed by atoms with Gasteiger partial charge in [0.05, 0.1) is 11.5 Å². The van der Waals surface area contributed by atoms with Gasteiger partial charge in [0.2, 0.25) is 5.91 Å². The Bertz CT molecular complexity index is 560. The molecule has 7 nitrogen and oxygen atoms in total. The standard InChI is InChI=1S/C12H13N3O4S/c1-13-9-6-8(2-3-10(9)15(18)19)7-14-11(16)4-5-20-12(14)17/h2-3,6,13H,4-5,7H2,1H3. The molecule has 2 amide bonds. The third-order valence-electron chi connectivity index (χ3n) is 2.93. The van der Waals surface area contributed by atoms with Crippen molar-refractivity contribution in [3.05, 3.63) is 33.9 Å². The molecule has 0 atom stereocenters. The summed E-state index contributed by atoms with van der Waals surface area (Å²) in [5.41, 5.74) is 0.989. The second-order valence-electron chi connectivity index (χ2n) is 4.20. The molecule has 0 spiro atoms. The van der Waals surface area contributed by atoms with Gasteiger partial charge in [0, 0.05) is 25.3 Å². The van der Waals surface area contributed by atoms with Gasteiger partial charge in [-0.3, -0.25) is 24.6 Å². The van der Waals surface area contributed by atoms with Gasteiger partial charge in [-0.15, -0.1) is 0 Å². The number of anilines is 1. The molecule has 0 aliphatic carbocycles. The lowest BCUT2D eigenvalue weighted by atomic mass is 10.1. The van der Waals surface area contributed by atoms with Crippen LogP contribution in [0.25, 0.3) is 0 Å². The summed E-state index contributed by atoms with van der Waals surface area (Å²) < 4.78 is 0. The first-order valence-corrected chi connectivity index (χ1v) is 6.93. The number of nitro benzene ring substituents is 1. The van der Waals surface area contributed by atoms with E-state index < -0.39 is 4.92 Å². The number of nitrogens with zero attached hydrogens (tertiary/aromatic N) is 2. The molecular formula is C12H13N3O4S. The minimum atomic E-state index is -0.483. The van der Waals surface area contributed by atoms with Gasteiger partial charge in [0.25, 0.3) is 10.9 Å². The molecule has 1 aliphatic heterocycles.